The number of nitrogen functional groups attached to an aromatic ring is 1. The first kappa shape index (κ1) is 20.0. The molecule has 1 amide bonds. The van der Waals surface area contributed by atoms with Crippen LogP contribution in [-0.2, 0) is 14.3 Å². The van der Waals surface area contributed by atoms with Gasteiger partial charge in [-0.3, -0.25) is 9.78 Å². The highest BCUT2D eigenvalue weighted by atomic mass is 16.6. The number of nitrogens with one attached hydrogen (secondary N) is 1. The van der Waals surface area contributed by atoms with E-state index >= 15 is 0 Å². The van der Waals surface area contributed by atoms with E-state index in [1.165, 1.54) is 6.92 Å². The lowest BCUT2D eigenvalue weighted by molar-refractivity contribution is -0.152. The number of hydrogen-bond donors (Lipinski definition) is 2. The number of nitrogens with zero attached hydrogens (tertiary/aromatic N) is 1. The Morgan fingerprint density at radius 1 is 1.31 bits per heavy atom. The molecule has 1 fully saturated rings. The average Bonchev–Trinajstić information content (AvgIpc) is 2.48. The van der Waals surface area contributed by atoms with Crippen LogP contribution >= 0.6 is 0 Å². The van der Waals surface area contributed by atoms with E-state index in [9.17, 15) is 9.59 Å². The fourth-order valence-electron chi connectivity index (χ4n) is 3.55. The third-order valence-corrected chi connectivity index (χ3v) is 4.48. The highest BCUT2D eigenvalue weighted by Crippen LogP contribution is 2.39. The van der Waals surface area contributed by atoms with Crippen molar-refractivity contribution in [2.75, 3.05) is 5.73 Å². The minimum atomic E-state index is -0.601. The molecule has 0 aromatic carbocycles. The molecule has 144 valence electrons. The molecule has 0 radical (unpaired) electrons. The van der Waals surface area contributed by atoms with Crippen molar-refractivity contribution in [3.63, 3.8) is 0 Å². The van der Waals surface area contributed by atoms with Crippen molar-refractivity contribution in [3.8, 4) is 0 Å². The Hall–Kier alpha value is -2.31. The van der Waals surface area contributed by atoms with E-state index in [0.717, 1.165) is 12.0 Å². The number of ether oxygens (including phenoxy) is 2. The minimum absolute atomic E-state index is 0.0603. The van der Waals surface area contributed by atoms with Crippen LogP contribution in [0.2, 0.25) is 0 Å². The zero-order valence-electron chi connectivity index (χ0n) is 16.1. The zero-order chi connectivity index (χ0) is 19.5. The summed E-state index contributed by atoms with van der Waals surface area (Å²) in [4.78, 5) is 27.8. The Balaban J connectivity index is 2.21. The SMILES string of the molecule is CC(=O)O[C@H]1[C@H](C)CC(c2ccncc2N)C[C@@H]1NC(=O)OC(C)(C)C. The van der Waals surface area contributed by atoms with Gasteiger partial charge in [0, 0.05) is 13.1 Å². The van der Waals surface area contributed by atoms with Crippen LogP contribution in [0.5, 0.6) is 0 Å². The number of hydrogen-bond acceptors (Lipinski definition) is 6. The maximum absolute atomic E-state index is 12.3. The molecule has 0 saturated heterocycles. The van der Waals surface area contributed by atoms with Gasteiger partial charge in [0.15, 0.2) is 0 Å². The maximum atomic E-state index is 12.3. The molecule has 1 unspecified atom stereocenters. The Labute approximate surface area is 154 Å². The van der Waals surface area contributed by atoms with Crippen LogP contribution < -0.4 is 11.1 Å². The second-order valence-corrected chi connectivity index (χ2v) is 7.98. The first-order valence-corrected chi connectivity index (χ1v) is 8.93. The van der Waals surface area contributed by atoms with Crippen LogP contribution in [0.3, 0.4) is 0 Å². The summed E-state index contributed by atoms with van der Waals surface area (Å²) in [5.41, 5.74) is 7.12. The van der Waals surface area contributed by atoms with Crippen LogP contribution in [0, 0.1) is 5.92 Å². The Bertz CT molecular complexity index is 656. The fraction of sp³-hybridized carbons (Fsp3) is 0.632. The van der Waals surface area contributed by atoms with E-state index in [0.29, 0.717) is 12.1 Å². The highest BCUT2D eigenvalue weighted by molar-refractivity contribution is 5.69. The molecule has 4 atom stereocenters. The van der Waals surface area contributed by atoms with Crippen molar-refractivity contribution < 1.29 is 19.1 Å². The Kier molecular flexibility index (Phi) is 6.10. The van der Waals surface area contributed by atoms with Crippen molar-refractivity contribution in [1.82, 2.24) is 10.3 Å². The van der Waals surface area contributed by atoms with E-state index in [4.69, 9.17) is 15.2 Å². The summed E-state index contributed by atoms with van der Waals surface area (Å²) in [6.07, 6.45) is 3.84. The van der Waals surface area contributed by atoms with E-state index in [1.54, 1.807) is 33.2 Å². The van der Waals surface area contributed by atoms with Gasteiger partial charge in [0.1, 0.15) is 11.7 Å². The molecule has 1 aliphatic carbocycles. The Morgan fingerprint density at radius 2 is 2.00 bits per heavy atom. The lowest BCUT2D eigenvalue weighted by Crippen LogP contribution is -2.52. The second-order valence-electron chi connectivity index (χ2n) is 7.98. The van der Waals surface area contributed by atoms with Gasteiger partial charge in [-0.1, -0.05) is 6.92 Å². The molecule has 1 aromatic heterocycles. The van der Waals surface area contributed by atoms with Crippen LogP contribution in [0.4, 0.5) is 10.5 Å². The molecule has 0 spiro atoms. The van der Waals surface area contributed by atoms with Crippen LogP contribution in [0.15, 0.2) is 18.5 Å². The summed E-state index contributed by atoms with van der Waals surface area (Å²) in [6, 6.07) is 1.55. The molecule has 7 heteroatoms. The molecule has 26 heavy (non-hydrogen) atoms. The lowest BCUT2D eigenvalue weighted by atomic mass is 9.74. The van der Waals surface area contributed by atoms with Crippen molar-refractivity contribution in [2.45, 2.75) is 71.1 Å². The van der Waals surface area contributed by atoms with Crippen molar-refractivity contribution in [2.24, 2.45) is 5.92 Å². The molecular weight excluding hydrogens is 334 g/mol. The van der Waals surface area contributed by atoms with Gasteiger partial charge in [-0.25, -0.2) is 4.79 Å². The third-order valence-electron chi connectivity index (χ3n) is 4.48. The number of nitrogens with two attached hydrogens (primary N) is 1. The summed E-state index contributed by atoms with van der Waals surface area (Å²) in [6.45, 7) is 8.81. The van der Waals surface area contributed by atoms with Crippen molar-refractivity contribution in [3.05, 3.63) is 24.0 Å². The number of pyridine rings is 1. The normalized spacial score (nSPS) is 26.0. The van der Waals surface area contributed by atoms with Crippen LogP contribution in [-0.4, -0.2) is 34.8 Å². The van der Waals surface area contributed by atoms with Gasteiger partial charge in [0.25, 0.3) is 0 Å². The molecule has 3 N–H and O–H groups in total. The number of esters is 1. The average molecular weight is 363 g/mol. The van der Waals surface area contributed by atoms with Gasteiger partial charge in [0.2, 0.25) is 0 Å². The van der Waals surface area contributed by atoms with Crippen LogP contribution in [0.25, 0.3) is 0 Å². The molecule has 0 bridgehead atoms. The largest absolute Gasteiger partial charge is 0.460 e. The third kappa shape index (κ3) is 5.34. The topological polar surface area (TPSA) is 104 Å². The predicted molar refractivity (Wildman–Crippen MR) is 98.5 cm³/mol. The maximum Gasteiger partial charge on any atom is 0.408 e. The predicted octanol–water partition coefficient (Wildman–Crippen LogP) is 3.00. The zero-order valence-corrected chi connectivity index (χ0v) is 16.1. The molecule has 1 heterocycles. The van der Waals surface area contributed by atoms with E-state index in [2.05, 4.69) is 10.3 Å². The minimum Gasteiger partial charge on any atom is -0.460 e. The van der Waals surface area contributed by atoms with Crippen molar-refractivity contribution >= 4 is 17.7 Å². The molecule has 1 aliphatic rings. The fourth-order valence-corrected chi connectivity index (χ4v) is 3.55. The number of carbonyl (C=O) groups is 2. The van der Waals surface area contributed by atoms with Gasteiger partial charge in [-0.15, -0.1) is 0 Å². The lowest BCUT2D eigenvalue weighted by Gasteiger charge is -2.40. The van der Waals surface area contributed by atoms with E-state index < -0.39 is 17.8 Å². The number of alkyl carbamates (subject to hydrolysis) is 1. The first-order valence-electron chi connectivity index (χ1n) is 8.93. The van der Waals surface area contributed by atoms with Gasteiger partial charge >= 0.3 is 12.1 Å². The monoisotopic (exact) mass is 363 g/mol. The highest BCUT2D eigenvalue weighted by Gasteiger charge is 2.40. The smallest absolute Gasteiger partial charge is 0.408 e. The summed E-state index contributed by atoms with van der Waals surface area (Å²) < 4.78 is 10.9. The Morgan fingerprint density at radius 3 is 2.58 bits per heavy atom. The second kappa shape index (κ2) is 7.93. The summed E-state index contributed by atoms with van der Waals surface area (Å²) in [7, 11) is 0. The number of rotatable bonds is 3. The first-order chi connectivity index (χ1) is 12.1. The van der Waals surface area contributed by atoms with E-state index in [-0.39, 0.29) is 23.8 Å². The van der Waals surface area contributed by atoms with Gasteiger partial charge in [0.05, 0.1) is 17.9 Å². The molecule has 1 aromatic rings. The van der Waals surface area contributed by atoms with E-state index in [1.807, 2.05) is 13.0 Å². The molecule has 0 aliphatic heterocycles. The molecule has 1 saturated carbocycles. The van der Waals surface area contributed by atoms with Gasteiger partial charge in [-0.2, -0.15) is 0 Å². The summed E-state index contributed by atoms with van der Waals surface area (Å²) in [5.74, 6) is -0.162. The molecular formula is C19H29N3O4. The molecule has 2 rings (SSSR count). The number of amides is 1. The summed E-state index contributed by atoms with van der Waals surface area (Å²) in [5, 5.41) is 2.89. The quantitative estimate of drug-likeness (QED) is 0.800. The van der Waals surface area contributed by atoms with Crippen LogP contribution in [0.1, 0.15) is 58.9 Å². The number of carbonyl (C=O) groups excluding carboxylic acids is 2. The van der Waals surface area contributed by atoms with Gasteiger partial charge in [-0.05, 0) is 57.1 Å². The van der Waals surface area contributed by atoms with Gasteiger partial charge < -0.3 is 20.5 Å². The number of aromatic nitrogens is 1. The molecule has 7 nitrogen and oxygen atoms in total. The summed E-state index contributed by atoms with van der Waals surface area (Å²) >= 11 is 0. The van der Waals surface area contributed by atoms with Crippen molar-refractivity contribution in [1.29, 1.82) is 0 Å². The number of anilines is 1. The standard InChI is InChI=1S/C19H29N3O4/c1-11-8-13(14-6-7-21-10-15(14)20)9-16(17(11)25-12(2)23)22-18(24)26-19(3,4)5/h6-7,10-11,13,16-17H,8-9,20H2,1-5H3,(H,22,24)/t11-,13?,16+,17+/m1/s1.